The van der Waals surface area contributed by atoms with E-state index in [0.29, 0.717) is 6.54 Å². The first-order valence-corrected chi connectivity index (χ1v) is 7.27. The molecule has 0 fully saturated rings. The Morgan fingerprint density at radius 1 is 1.45 bits per heavy atom. The summed E-state index contributed by atoms with van der Waals surface area (Å²) in [6.07, 6.45) is 5.33. The van der Waals surface area contributed by atoms with Gasteiger partial charge in [0.05, 0.1) is 13.7 Å². The number of rotatable bonds is 5. The molecule has 0 bridgehead atoms. The van der Waals surface area contributed by atoms with Crippen LogP contribution in [0.15, 0.2) is 30.3 Å². The van der Waals surface area contributed by atoms with Crippen LogP contribution in [-0.2, 0) is 24.3 Å². The van der Waals surface area contributed by atoms with E-state index in [1.54, 1.807) is 13.2 Å². The Balaban J connectivity index is 1.56. The van der Waals surface area contributed by atoms with Gasteiger partial charge in [0, 0.05) is 19.0 Å². The van der Waals surface area contributed by atoms with Crippen molar-refractivity contribution in [2.45, 2.75) is 25.9 Å². The zero-order chi connectivity index (χ0) is 15.4. The number of methoxy groups -OCH3 is 1. The van der Waals surface area contributed by atoms with Gasteiger partial charge < -0.3 is 14.6 Å². The molecule has 0 radical (unpaired) electrons. The molecule has 0 aliphatic carbocycles. The molecule has 114 valence electrons. The Bertz CT molecular complexity index is 706. The minimum atomic E-state index is -0.154. The molecule has 22 heavy (non-hydrogen) atoms. The smallest absolute Gasteiger partial charge is 0.244 e. The van der Waals surface area contributed by atoms with Crippen molar-refractivity contribution in [2.24, 2.45) is 0 Å². The molecule has 0 unspecified atom stereocenters. The van der Waals surface area contributed by atoms with Gasteiger partial charge in [-0.3, -0.25) is 4.79 Å². The highest BCUT2D eigenvalue weighted by atomic mass is 16.5. The van der Waals surface area contributed by atoms with Crippen LogP contribution in [0.4, 0.5) is 0 Å². The summed E-state index contributed by atoms with van der Waals surface area (Å²) in [7, 11) is 1.62. The molecule has 1 aromatic carbocycles. The number of aryl methyl sites for hydroxylation is 1. The van der Waals surface area contributed by atoms with Crippen LogP contribution < -0.4 is 10.1 Å². The quantitative estimate of drug-likeness (QED) is 0.851. The van der Waals surface area contributed by atoms with Crippen LogP contribution in [0.25, 0.3) is 6.08 Å². The van der Waals surface area contributed by atoms with Crippen LogP contribution >= 0.6 is 0 Å². The summed E-state index contributed by atoms with van der Waals surface area (Å²) in [6.45, 7) is 1.33. The number of nitrogens with one attached hydrogen (secondary N) is 1. The maximum absolute atomic E-state index is 11.9. The molecule has 1 aromatic heterocycles. The number of nitrogens with zero attached hydrogens (tertiary/aromatic N) is 3. The highest BCUT2D eigenvalue weighted by Crippen LogP contribution is 2.14. The third-order valence-electron chi connectivity index (χ3n) is 3.63. The fourth-order valence-electron chi connectivity index (χ4n) is 2.48. The van der Waals surface area contributed by atoms with E-state index in [1.807, 2.05) is 24.3 Å². The van der Waals surface area contributed by atoms with Crippen molar-refractivity contribution in [3.8, 4) is 5.75 Å². The molecule has 3 rings (SSSR count). The van der Waals surface area contributed by atoms with Crippen LogP contribution in [0.2, 0.25) is 0 Å². The summed E-state index contributed by atoms with van der Waals surface area (Å²) >= 11 is 0. The molecule has 6 heteroatoms. The average molecular weight is 298 g/mol. The second-order valence-corrected chi connectivity index (χ2v) is 5.12. The van der Waals surface area contributed by atoms with Crippen molar-refractivity contribution in [1.82, 2.24) is 20.1 Å². The van der Waals surface area contributed by atoms with Crippen molar-refractivity contribution in [1.29, 1.82) is 0 Å². The molecule has 0 saturated heterocycles. The first kappa shape index (κ1) is 14.3. The van der Waals surface area contributed by atoms with E-state index < -0.39 is 0 Å². The van der Waals surface area contributed by atoms with Crippen molar-refractivity contribution in [2.75, 3.05) is 7.11 Å². The van der Waals surface area contributed by atoms with E-state index in [1.165, 1.54) is 6.08 Å². The monoisotopic (exact) mass is 298 g/mol. The molecular formula is C16H18N4O2. The molecule has 0 spiro atoms. The van der Waals surface area contributed by atoms with Gasteiger partial charge in [0.2, 0.25) is 5.91 Å². The van der Waals surface area contributed by atoms with Gasteiger partial charge in [-0.1, -0.05) is 12.1 Å². The number of ether oxygens (including phenoxy) is 1. The molecule has 1 aliphatic rings. The Labute approximate surface area is 128 Å². The van der Waals surface area contributed by atoms with E-state index in [-0.39, 0.29) is 5.91 Å². The average Bonchev–Trinajstić information content (AvgIpc) is 3.15. The largest absolute Gasteiger partial charge is 0.497 e. The lowest BCUT2D eigenvalue weighted by atomic mass is 10.2. The summed E-state index contributed by atoms with van der Waals surface area (Å²) < 4.78 is 7.22. The molecule has 6 nitrogen and oxygen atoms in total. The lowest BCUT2D eigenvalue weighted by molar-refractivity contribution is -0.116. The fourth-order valence-corrected chi connectivity index (χ4v) is 2.48. The second-order valence-electron chi connectivity index (χ2n) is 5.12. The third kappa shape index (κ3) is 3.16. The molecule has 0 saturated carbocycles. The van der Waals surface area contributed by atoms with Gasteiger partial charge in [0.1, 0.15) is 11.6 Å². The molecule has 1 N–H and O–H groups in total. The first-order chi connectivity index (χ1) is 10.8. The fraction of sp³-hybridized carbons (Fsp3) is 0.312. The van der Waals surface area contributed by atoms with Gasteiger partial charge in [0.15, 0.2) is 5.82 Å². The van der Waals surface area contributed by atoms with E-state index >= 15 is 0 Å². The second kappa shape index (κ2) is 6.43. The number of carbonyl (C=O) groups excluding carboxylic acids is 1. The number of hydrogen-bond acceptors (Lipinski definition) is 4. The maximum Gasteiger partial charge on any atom is 0.244 e. The van der Waals surface area contributed by atoms with Crippen LogP contribution in [0.3, 0.4) is 0 Å². The van der Waals surface area contributed by atoms with Crippen molar-refractivity contribution < 1.29 is 9.53 Å². The van der Waals surface area contributed by atoms with Crippen LogP contribution in [0.5, 0.6) is 5.75 Å². The number of aromatic nitrogens is 3. The summed E-state index contributed by atoms with van der Waals surface area (Å²) in [5.41, 5.74) is 0.915. The standard InChI is InChI=1S/C16H18N4O2/c1-22-13-5-2-4-12(10-13)7-8-16(21)17-11-15-19-18-14-6-3-9-20(14)15/h2,4-5,7-8,10H,3,6,9,11H2,1H3,(H,17,21)/b8-7+. The predicted molar refractivity (Wildman–Crippen MR) is 82.2 cm³/mol. The van der Waals surface area contributed by atoms with Crippen LogP contribution in [0.1, 0.15) is 23.6 Å². The van der Waals surface area contributed by atoms with Crippen molar-refractivity contribution in [3.63, 3.8) is 0 Å². The normalized spacial score (nSPS) is 13.3. The number of benzene rings is 1. The highest BCUT2D eigenvalue weighted by Gasteiger charge is 2.16. The molecule has 2 heterocycles. The molecular weight excluding hydrogens is 280 g/mol. The predicted octanol–water partition coefficient (Wildman–Crippen LogP) is 1.56. The molecule has 1 aliphatic heterocycles. The number of amides is 1. The maximum atomic E-state index is 11.9. The topological polar surface area (TPSA) is 69.0 Å². The minimum Gasteiger partial charge on any atom is -0.497 e. The summed E-state index contributed by atoms with van der Waals surface area (Å²) in [6, 6.07) is 7.53. The van der Waals surface area contributed by atoms with E-state index in [2.05, 4.69) is 20.1 Å². The van der Waals surface area contributed by atoms with Crippen molar-refractivity contribution >= 4 is 12.0 Å². The summed E-state index contributed by atoms with van der Waals surface area (Å²) in [5.74, 6) is 2.44. The molecule has 2 aromatic rings. The summed E-state index contributed by atoms with van der Waals surface area (Å²) in [4.78, 5) is 11.9. The number of fused-ring (bicyclic) bond motifs is 1. The summed E-state index contributed by atoms with van der Waals surface area (Å²) in [5, 5.41) is 11.1. The Morgan fingerprint density at radius 2 is 2.36 bits per heavy atom. The van der Waals surface area contributed by atoms with Gasteiger partial charge in [-0.2, -0.15) is 0 Å². The Hall–Kier alpha value is -2.63. The zero-order valence-corrected chi connectivity index (χ0v) is 12.5. The van der Waals surface area contributed by atoms with Gasteiger partial charge in [-0.15, -0.1) is 10.2 Å². The van der Waals surface area contributed by atoms with Crippen molar-refractivity contribution in [3.05, 3.63) is 47.6 Å². The number of carbonyl (C=O) groups is 1. The lowest BCUT2D eigenvalue weighted by Crippen LogP contribution is -2.22. The van der Waals surface area contributed by atoms with E-state index in [9.17, 15) is 4.79 Å². The van der Waals surface area contributed by atoms with Gasteiger partial charge in [-0.05, 0) is 30.2 Å². The zero-order valence-electron chi connectivity index (χ0n) is 12.5. The van der Waals surface area contributed by atoms with E-state index in [0.717, 1.165) is 42.3 Å². The van der Waals surface area contributed by atoms with Crippen LogP contribution in [-0.4, -0.2) is 27.8 Å². The lowest BCUT2D eigenvalue weighted by Gasteiger charge is -2.03. The molecule has 0 atom stereocenters. The Kier molecular flexibility index (Phi) is 4.18. The third-order valence-corrected chi connectivity index (χ3v) is 3.63. The molecule has 1 amide bonds. The SMILES string of the molecule is COc1cccc(/C=C/C(=O)NCc2nnc3n2CCC3)c1. The van der Waals surface area contributed by atoms with Gasteiger partial charge in [-0.25, -0.2) is 0 Å². The van der Waals surface area contributed by atoms with Gasteiger partial charge >= 0.3 is 0 Å². The van der Waals surface area contributed by atoms with E-state index in [4.69, 9.17) is 4.74 Å². The minimum absolute atomic E-state index is 0.154. The number of hydrogen-bond donors (Lipinski definition) is 1. The Morgan fingerprint density at radius 3 is 3.23 bits per heavy atom. The first-order valence-electron chi connectivity index (χ1n) is 7.27. The highest BCUT2D eigenvalue weighted by molar-refractivity contribution is 5.91. The van der Waals surface area contributed by atoms with Crippen LogP contribution in [0, 0.1) is 0 Å². The van der Waals surface area contributed by atoms with Gasteiger partial charge in [0.25, 0.3) is 0 Å².